The molecule has 6 nitrogen and oxygen atoms in total. The van der Waals surface area contributed by atoms with Crippen molar-refractivity contribution < 1.29 is 19.1 Å². The Morgan fingerprint density at radius 3 is 2.57 bits per heavy atom. The molecule has 0 bridgehead atoms. The van der Waals surface area contributed by atoms with Gasteiger partial charge in [-0.25, -0.2) is 9.59 Å². The van der Waals surface area contributed by atoms with Crippen molar-refractivity contribution in [1.29, 1.82) is 0 Å². The Hall–Kier alpha value is -2.50. The van der Waals surface area contributed by atoms with Crippen molar-refractivity contribution in [2.45, 2.75) is 70.6 Å². The third-order valence-electron chi connectivity index (χ3n) is 5.65. The SMILES string of the molecule is C=C(C)C[C@]1(c2ccccc2)CCN(C2CCCN(C(=O)OC(C)(C)C)C2)C(=O)O1. The minimum Gasteiger partial charge on any atom is -0.444 e. The fourth-order valence-electron chi connectivity index (χ4n) is 4.36. The molecule has 2 fully saturated rings. The monoisotopic (exact) mass is 414 g/mol. The summed E-state index contributed by atoms with van der Waals surface area (Å²) in [5, 5.41) is 0. The Morgan fingerprint density at radius 2 is 1.97 bits per heavy atom. The molecule has 2 aliphatic heterocycles. The molecule has 0 aromatic heterocycles. The number of amides is 2. The Balaban J connectivity index is 1.72. The van der Waals surface area contributed by atoms with Gasteiger partial charge in [0, 0.05) is 32.5 Å². The maximum atomic E-state index is 13.1. The van der Waals surface area contributed by atoms with E-state index in [1.807, 2.05) is 58.0 Å². The van der Waals surface area contributed by atoms with Crippen LogP contribution in [0.25, 0.3) is 0 Å². The minimum absolute atomic E-state index is 0.0580. The number of piperidine rings is 1. The van der Waals surface area contributed by atoms with E-state index in [9.17, 15) is 9.59 Å². The number of cyclic esters (lactones) is 1. The van der Waals surface area contributed by atoms with Crippen molar-refractivity contribution in [3.63, 3.8) is 0 Å². The molecule has 2 saturated heterocycles. The molecule has 0 N–H and O–H groups in total. The number of rotatable bonds is 4. The number of carbonyl (C=O) groups excluding carboxylic acids is 2. The molecule has 0 aliphatic carbocycles. The first-order valence-electron chi connectivity index (χ1n) is 10.8. The first kappa shape index (κ1) is 22.2. The Labute approximate surface area is 179 Å². The summed E-state index contributed by atoms with van der Waals surface area (Å²) in [7, 11) is 0. The zero-order valence-electron chi connectivity index (χ0n) is 18.6. The molecular weight excluding hydrogens is 380 g/mol. The van der Waals surface area contributed by atoms with Crippen LogP contribution in [0, 0.1) is 0 Å². The van der Waals surface area contributed by atoms with Crippen LogP contribution in [0.2, 0.25) is 0 Å². The van der Waals surface area contributed by atoms with E-state index in [4.69, 9.17) is 9.47 Å². The zero-order valence-corrected chi connectivity index (χ0v) is 18.6. The van der Waals surface area contributed by atoms with Crippen molar-refractivity contribution >= 4 is 12.2 Å². The van der Waals surface area contributed by atoms with Crippen LogP contribution in [0.1, 0.15) is 58.9 Å². The summed E-state index contributed by atoms with van der Waals surface area (Å²) in [6.45, 7) is 13.3. The van der Waals surface area contributed by atoms with Gasteiger partial charge in [-0.15, -0.1) is 0 Å². The molecule has 2 heterocycles. The summed E-state index contributed by atoms with van der Waals surface area (Å²) in [5.74, 6) is 0. The van der Waals surface area contributed by atoms with Gasteiger partial charge < -0.3 is 19.3 Å². The number of ether oxygens (including phenoxy) is 2. The second kappa shape index (κ2) is 8.70. The van der Waals surface area contributed by atoms with Crippen LogP contribution in [0.3, 0.4) is 0 Å². The van der Waals surface area contributed by atoms with Gasteiger partial charge in [0.2, 0.25) is 0 Å². The largest absolute Gasteiger partial charge is 0.444 e. The van der Waals surface area contributed by atoms with Gasteiger partial charge in [-0.2, -0.15) is 0 Å². The Kier molecular flexibility index (Phi) is 6.44. The van der Waals surface area contributed by atoms with Crippen LogP contribution in [0.4, 0.5) is 9.59 Å². The first-order chi connectivity index (χ1) is 14.1. The van der Waals surface area contributed by atoms with Gasteiger partial charge in [0.1, 0.15) is 11.2 Å². The molecule has 2 aliphatic rings. The smallest absolute Gasteiger partial charge is 0.410 e. The normalized spacial score (nSPS) is 24.9. The number of hydrogen-bond acceptors (Lipinski definition) is 4. The highest BCUT2D eigenvalue weighted by Crippen LogP contribution is 2.40. The predicted molar refractivity (Wildman–Crippen MR) is 116 cm³/mol. The molecule has 1 aromatic rings. The maximum absolute atomic E-state index is 13.1. The van der Waals surface area contributed by atoms with Gasteiger partial charge in [-0.1, -0.05) is 42.5 Å². The van der Waals surface area contributed by atoms with Crippen LogP contribution in [-0.4, -0.2) is 53.3 Å². The summed E-state index contributed by atoms with van der Waals surface area (Å²) in [6.07, 6.45) is 2.35. The summed E-state index contributed by atoms with van der Waals surface area (Å²) >= 11 is 0. The Morgan fingerprint density at radius 1 is 1.27 bits per heavy atom. The molecule has 0 radical (unpaired) electrons. The summed E-state index contributed by atoms with van der Waals surface area (Å²) in [4.78, 5) is 29.1. The van der Waals surface area contributed by atoms with E-state index in [2.05, 4.69) is 6.58 Å². The lowest BCUT2D eigenvalue weighted by molar-refractivity contribution is -0.0679. The van der Waals surface area contributed by atoms with Gasteiger partial charge in [0.25, 0.3) is 0 Å². The van der Waals surface area contributed by atoms with Crippen LogP contribution in [0.15, 0.2) is 42.5 Å². The van der Waals surface area contributed by atoms with E-state index in [1.54, 1.807) is 9.80 Å². The third-order valence-corrected chi connectivity index (χ3v) is 5.65. The molecule has 164 valence electrons. The van der Waals surface area contributed by atoms with Crippen molar-refractivity contribution in [2.75, 3.05) is 19.6 Å². The predicted octanol–water partition coefficient (Wildman–Crippen LogP) is 5.09. The van der Waals surface area contributed by atoms with Gasteiger partial charge in [0.05, 0.1) is 6.04 Å². The van der Waals surface area contributed by atoms with Crippen LogP contribution in [0.5, 0.6) is 0 Å². The van der Waals surface area contributed by atoms with E-state index in [0.29, 0.717) is 32.5 Å². The van der Waals surface area contributed by atoms with E-state index in [1.165, 1.54) is 0 Å². The minimum atomic E-state index is -0.680. The molecule has 1 aromatic carbocycles. The highest BCUT2D eigenvalue weighted by atomic mass is 16.6. The average Bonchev–Trinajstić information content (AvgIpc) is 2.67. The number of carbonyl (C=O) groups is 2. The van der Waals surface area contributed by atoms with Crippen molar-refractivity contribution in [1.82, 2.24) is 9.80 Å². The molecule has 30 heavy (non-hydrogen) atoms. The van der Waals surface area contributed by atoms with Gasteiger partial charge >= 0.3 is 12.2 Å². The second-order valence-corrected chi connectivity index (χ2v) is 9.53. The van der Waals surface area contributed by atoms with Gasteiger partial charge in [-0.3, -0.25) is 0 Å². The fourth-order valence-corrected chi connectivity index (χ4v) is 4.36. The van der Waals surface area contributed by atoms with E-state index < -0.39 is 11.2 Å². The first-order valence-corrected chi connectivity index (χ1v) is 10.8. The lowest BCUT2D eigenvalue weighted by Crippen LogP contribution is -2.57. The highest BCUT2D eigenvalue weighted by Gasteiger charge is 2.44. The summed E-state index contributed by atoms with van der Waals surface area (Å²) < 4.78 is 11.6. The number of nitrogens with zero attached hydrogens (tertiary/aromatic N) is 2. The molecule has 2 amide bonds. The lowest BCUT2D eigenvalue weighted by atomic mass is 9.83. The van der Waals surface area contributed by atoms with E-state index >= 15 is 0 Å². The summed E-state index contributed by atoms with van der Waals surface area (Å²) in [6, 6.07) is 9.86. The number of benzene rings is 1. The quantitative estimate of drug-likeness (QED) is 0.644. The summed E-state index contributed by atoms with van der Waals surface area (Å²) in [5.41, 5.74) is 0.764. The van der Waals surface area contributed by atoms with Gasteiger partial charge in [0.15, 0.2) is 0 Å². The standard InChI is InChI=1S/C24H34N2O4/c1-18(2)16-24(19-10-7-6-8-11-19)13-15-26(22(28)30-24)20-12-9-14-25(17-20)21(27)29-23(3,4)5/h6-8,10-11,20H,1,9,12-17H2,2-5H3/t20?,24-/m0/s1. The van der Waals surface area contributed by atoms with Crippen molar-refractivity contribution in [2.24, 2.45) is 0 Å². The number of hydrogen-bond donors (Lipinski definition) is 0. The number of likely N-dealkylation sites (tertiary alicyclic amines) is 1. The molecule has 3 rings (SSSR count). The maximum Gasteiger partial charge on any atom is 0.410 e. The Bertz CT molecular complexity index is 786. The van der Waals surface area contributed by atoms with E-state index in [0.717, 1.165) is 24.0 Å². The lowest BCUT2D eigenvalue weighted by Gasteiger charge is -2.46. The van der Waals surface area contributed by atoms with E-state index in [-0.39, 0.29) is 18.2 Å². The molecule has 0 saturated carbocycles. The van der Waals surface area contributed by atoms with Crippen LogP contribution in [-0.2, 0) is 15.1 Å². The zero-order chi connectivity index (χ0) is 21.9. The van der Waals surface area contributed by atoms with Crippen molar-refractivity contribution in [3.8, 4) is 0 Å². The molecule has 0 spiro atoms. The second-order valence-electron chi connectivity index (χ2n) is 9.53. The molecule has 1 unspecified atom stereocenters. The third kappa shape index (κ3) is 5.15. The van der Waals surface area contributed by atoms with Crippen molar-refractivity contribution in [3.05, 3.63) is 48.0 Å². The van der Waals surface area contributed by atoms with Crippen LogP contribution >= 0.6 is 0 Å². The average molecular weight is 415 g/mol. The fraction of sp³-hybridized carbons (Fsp3) is 0.583. The topological polar surface area (TPSA) is 59.1 Å². The molecular formula is C24H34N2O4. The van der Waals surface area contributed by atoms with Gasteiger partial charge in [-0.05, 0) is 46.1 Å². The molecule has 6 heteroatoms. The molecule has 2 atom stereocenters. The van der Waals surface area contributed by atoms with Crippen LogP contribution < -0.4 is 0 Å². The highest BCUT2D eigenvalue weighted by molar-refractivity contribution is 5.71.